The number of amides is 1. The number of carbonyl (C=O) groups is 1. The molecule has 1 aliphatic rings. The molecule has 6 heteroatoms. The van der Waals surface area contributed by atoms with Gasteiger partial charge in [-0.1, -0.05) is 30.1 Å². The number of aromatic hydroxyl groups is 1. The number of rotatable bonds is 5. The van der Waals surface area contributed by atoms with Crippen molar-refractivity contribution < 1.29 is 14.4 Å². The SMILES string of the molecule is O=C(Cc1noc(Cc2cccc(O)c2)n1)NC1CCCC1. The van der Waals surface area contributed by atoms with Crippen LogP contribution in [0, 0.1) is 0 Å². The average Bonchev–Trinajstić information content (AvgIpc) is 3.11. The van der Waals surface area contributed by atoms with Crippen molar-refractivity contribution in [2.75, 3.05) is 0 Å². The second-order valence-electron chi connectivity index (χ2n) is 5.68. The van der Waals surface area contributed by atoms with E-state index in [-0.39, 0.29) is 18.1 Å². The summed E-state index contributed by atoms with van der Waals surface area (Å²) in [5.74, 6) is 0.977. The molecule has 1 heterocycles. The van der Waals surface area contributed by atoms with Gasteiger partial charge in [0.25, 0.3) is 0 Å². The predicted molar refractivity (Wildman–Crippen MR) is 79.3 cm³/mol. The third-order valence-corrected chi connectivity index (χ3v) is 3.82. The highest BCUT2D eigenvalue weighted by molar-refractivity contribution is 5.78. The summed E-state index contributed by atoms with van der Waals surface area (Å²) in [6, 6.07) is 7.19. The molecule has 0 atom stereocenters. The molecule has 0 unspecified atom stereocenters. The highest BCUT2D eigenvalue weighted by atomic mass is 16.5. The molecule has 0 spiro atoms. The molecule has 116 valence electrons. The summed E-state index contributed by atoms with van der Waals surface area (Å²) < 4.78 is 5.16. The summed E-state index contributed by atoms with van der Waals surface area (Å²) in [6.07, 6.45) is 5.05. The molecule has 0 bridgehead atoms. The lowest BCUT2D eigenvalue weighted by atomic mass is 10.1. The normalized spacial score (nSPS) is 15.1. The van der Waals surface area contributed by atoms with Gasteiger partial charge in [-0.2, -0.15) is 4.98 Å². The van der Waals surface area contributed by atoms with Gasteiger partial charge in [0, 0.05) is 6.04 Å². The van der Waals surface area contributed by atoms with Crippen molar-refractivity contribution in [2.45, 2.75) is 44.6 Å². The van der Waals surface area contributed by atoms with Gasteiger partial charge in [0.15, 0.2) is 5.82 Å². The minimum atomic E-state index is -0.0587. The third kappa shape index (κ3) is 3.84. The van der Waals surface area contributed by atoms with Crippen molar-refractivity contribution in [1.29, 1.82) is 0 Å². The monoisotopic (exact) mass is 301 g/mol. The lowest BCUT2D eigenvalue weighted by molar-refractivity contribution is -0.121. The lowest BCUT2D eigenvalue weighted by Gasteiger charge is -2.10. The van der Waals surface area contributed by atoms with Crippen molar-refractivity contribution in [3.8, 4) is 5.75 Å². The summed E-state index contributed by atoms with van der Waals surface area (Å²) in [5, 5.41) is 16.3. The Morgan fingerprint density at radius 1 is 1.36 bits per heavy atom. The van der Waals surface area contributed by atoms with Gasteiger partial charge < -0.3 is 14.9 Å². The summed E-state index contributed by atoms with van der Waals surface area (Å²) in [6.45, 7) is 0. The van der Waals surface area contributed by atoms with Gasteiger partial charge in [-0.15, -0.1) is 0 Å². The van der Waals surface area contributed by atoms with E-state index in [1.807, 2.05) is 6.07 Å². The number of nitrogens with one attached hydrogen (secondary N) is 1. The Morgan fingerprint density at radius 2 is 2.18 bits per heavy atom. The summed E-state index contributed by atoms with van der Waals surface area (Å²) in [5.41, 5.74) is 0.880. The maximum Gasteiger partial charge on any atom is 0.231 e. The highest BCUT2D eigenvalue weighted by Crippen LogP contribution is 2.18. The van der Waals surface area contributed by atoms with E-state index >= 15 is 0 Å². The summed E-state index contributed by atoms with van der Waals surface area (Å²) >= 11 is 0. The minimum Gasteiger partial charge on any atom is -0.508 e. The first-order valence-electron chi connectivity index (χ1n) is 7.58. The molecule has 1 aromatic carbocycles. The summed E-state index contributed by atoms with van der Waals surface area (Å²) in [4.78, 5) is 16.1. The van der Waals surface area contributed by atoms with Gasteiger partial charge in [0.05, 0.1) is 12.8 Å². The number of phenols is 1. The molecule has 1 aliphatic carbocycles. The highest BCUT2D eigenvalue weighted by Gasteiger charge is 2.18. The number of nitrogens with zero attached hydrogens (tertiary/aromatic N) is 2. The van der Waals surface area contributed by atoms with Gasteiger partial charge in [-0.05, 0) is 30.5 Å². The van der Waals surface area contributed by atoms with Crippen LogP contribution in [-0.2, 0) is 17.6 Å². The van der Waals surface area contributed by atoms with Gasteiger partial charge in [-0.25, -0.2) is 0 Å². The molecule has 1 amide bonds. The van der Waals surface area contributed by atoms with E-state index in [1.165, 1.54) is 12.8 Å². The smallest absolute Gasteiger partial charge is 0.231 e. The van der Waals surface area contributed by atoms with Crippen LogP contribution in [0.5, 0.6) is 5.75 Å². The van der Waals surface area contributed by atoms with Crippen LogP contribution >= 0.6 is 0 Å². The van der Waals surface area contributed by atoms with E-state index in [2.05, 4.69) is 15.5 Å². The Bertz CT molecular complexity index is 648. The van der Waals surface area contributed by atoms with Crippen molar-refractivity contribution in [1.82, 2.24) is 15.5 Å². The van der Waals surface area contributed by atoms with E-state index in [0.717, 1.165) is 18.4 Å². The number of benzene rings is 1. The van der Waals surface area contributed by atoms with E-state index < -0.39 is 0 Å². The van der Waals surface area contributed by atoms with Crippen LogP contribution in [0.2, 0.25) is 0 Å². The second kappa shape index (κ2) is 6.60. The molecule has 6 nitrogen and oxygen atoms in total. The fourth-order valence-electron chi connectivity index (χ4n) is 2.77. The number of aromatic nitrogens is 2. The number of hydrogen-bond acceptors (Lipinski definition) is 5. The van der Waals surface area contributed by atoms with Gasteiger partial charge in [0.2, 0.25) is 11.8 Å². The standard InChI is InChI=1S/C16H19N3O3/c20-13-7-3-4-11(8-13)9-16-18-14(19-22-16)10-15(21)17-12-5-1-2-6-12/h3-4,7-8,12,20H,1-2,5-6,9-10H2,(H,17,21). The Kier molecular flexibility index (Phi) is 4.37. The van der Waals surface area contributed by atoms with Crippen molar-refractivity contribution in [3.05, 3.63) is 41.5 Å². The van der Waals surface area contributed by atoms with Crippen molar-refractivity contribution >= 4 is 5.91 Å². The van der Waals surface area contributed by atoms with Crippen molar-refractivity contribution in [3.63, 3.8) is 0 Å². The number of carbonyl (C=O) groups excluding carboxylic acids is 1. The Labute approximate surface area is 128 Å². The summed E-state index contributed by atoms with van der Waals surface area (Å²) in [7, 11) is 0. The Balaban J connectivity index is 1.55. The van der Waals surface area contributed by atoms with E-state index in [9.17, 15) is 9.90 Å². The molecular weight excluding hydrogens is 282 g/mol. The second-order valence-corrected chi connectivity index (χ2v) is 5.68. The van der Waals surface area contributed by atoms with Crippen LogP contribution in [0.15, 0.2) is 28.8 Å². The lowest BCUT2D eigenvalue weighted by Crippen LogP contribution is -2.33. The first kappa shape index (κ1) is 14.6. The zero-order valence-electron chi connectivity index (χ0n) is 12.3. The van der Waals surface area contributed by atoms with E-state index in [0.29, 0.717) is 24.2 Å². The number of hydrogen-bond donors (Lipinski definition) is 2. The predicted octanol–water partition coefficient (Wildman–Crippen LogP) is 1.97. The quantitative estimate of drug-likeness (QED) is 0.881. The topological polar surface area (TPSA) is 88.2 Å². The molecule has 2 N–H and O–H groups in total. The fourth-order valence-corrected chi connectivity index (χ4v) is 2.77. The molecule has 2 aromatic rings. The minimum absolute atomic E-state index is 0.0587. The first-order valence-corrected chi connectivity index (χ1v) is 7.58. The van der Waals surface area contributed by atoms with Crippen LogP contribution in [0.3, 0.4) is 0 Å². The van der Waals surface area contributed by atoms with Crippen LogP contribution in [0.1, 0.15) is 43.0 Å². The van der Waals surface area contributed by atoms with Crippen LogP contribution in [0.4, 0.5) is 0 Å². The molecule has 0 radical (unpaired) electrons. The Hall–Kier alpha value is -2.37. The van der Waals surface area contributed by atoms with Gasteiger partial charge >= 0.3 is 0 Å². The molecule has 22 heavy (non-hydrogen) atoms. The molecule has 3 rings (SSSR count). The zero-order valence-corrected chi connectivity index (χ0v) is 12.3. The van der Waals surface area contributed by atoms with E-state index in [1.54, 1.807) is 18.2 Å². The largest absolute Gasteiger partial charge is 0.508 e. The molecule has 1 aromatic heterocycles. The van der Waals surface area contributed by atoms with Crippen LogP contribution in [-0.4, -0.2) is 27.2 Å². The van der Waals surface area contributed by atoms with Gasteiger partial charge in [0.1, 0.15) is 5.75 Å². The maximum atomic E-state index is 11.9. The third-order valence-electron chi connectivity index (χ3n) is 3.82. The van der Waals surface area contributed by atoms with Gasteiger partial charge in [-0.3, -0.25) is 4.79 Å². The molecule has 0 aliphatic heterocycles. The van der Waals surface area contributed by atoms with E-state index in [4.69, 9.17) is 4.52 Å². The first-order chi connectivity index (χ1) is 10.7. The van der Waals surface area contributed by atoms with Crippen LogP contribution < -0.4 is 5.32 Å². The Morgan fingerprint density at radius 3 is 2.95 bits per heavy atom. The fraction of sp³-hybridized carbons (Fsp3) is 0.438. The molecule has 0 saturated heterocycles. The van der Waals surface area contributed by atoms with Crippen molar-refractivity contribution in [2.24, 2.45) is 0 Å². The molecule has 1 fully saturated rings. The molecule has 1 saturated carbocycles. The zero-order chi connectivity index (χ0) is 15.4. The number of phenolic OH excluding ortho intramolecular Hbond substituents is 1. The maximum absolute atomic E-state index is 11.9. The molecular formula is C16H19N3O3. The van der Waals surface area contributed by atoms with Crippen LogP contribution in [0.25, 0.3) is 0 Å². The average molecular weight is 301 g/mol.